The fraction of sp³-hybridized carbons (Fsp3) is 0.600. The molecule has 2 heterocycles. The lowest BCUT2D eigenvalue weighted by atomic mass is 9.95. The summed E-state index contributed by atoms with van der Waals surface area (Å²) in [5, 5.41) is 2.92. The van der Waals surface area contributed by atoms with Crippen LogP contribution in [0.1, 0.15) is 29.6 Å². The van der Waals surface area contributed by atoms with Gasteiger partial charge in [-0.25, -0.2) is 0 Å². The molecule has 1 aromatic rings. The highest BCUT2D eigenvalue weighted by atomic mass is 16.5. The number of nitrogens with zero attached hydrogens (tertiary/aromatic N) is 1. The molecule has 0 saturated carbocycles. The van der Waals surface area contributed by atoms with Gasteiger partial charge in [0.25, 0.3) is 5.91 Å². The van der Waals surface area contributed by atoms with Crippen molar-refractivity contribution in [1.82, 2.24) is 10.2 Å². The fourth-order valence-electron chi connectivity index (χ4n) is 2.49. The summed E-state index contributed by atoms with van der Waals surface area (Å²) in [6, 6.07) is 1.66. The standard InChI is InChI=1S/C15H22N2O4/c1-20-9-2-6-16-14(18)12-3-7-17(8-4-12)15(19)13-5-10-21-11-13/h5,10-12H,2-4,6-9H2,1H3,(H,16,18). The van der Waals surface area contributed by atoms with Gasteiger partial charge in [-0.1, -0.05) is 0 Å². The third-order valence-electron chi connectivity index (χ3n) is 3.75. The lowest BCUT2D eigenvalue weighted by Crippen LogP contribution is -2.43. The number of hydrogen-bond donors (Lipinski definition) is 1. The highest BCUT2D eigenvalue weighted by Gasteiger charge is 2.27. The quantitative estimate of drug-likeness (QED) is 0.802. The van der Waals surface area contributed by atoms with E-state index in [0.29, 0.717) is 44.6 Å². The van der Waals surface area contributed by atoms with E-state index in [1.165, 1.54) is 12.5 Å². The van der Waals surface area contributed by atoms with Gasteiger partial charge in [-0.3, -0.25) is 9.59 Å². The Hall–Kier alpha value is -1.82. The molecular formula is C15H22N2O4. The number of carbonyl (C=O) groups is 2. The van der Waals surface area contributed by atoms with Crippen molar-refractivity contribution in [3.8, 4) is 0 Å². The number of hydrogen-bond acceptors (Lipinski definition) is 4. The van der Waals surface area contributed by atoms with Crippen molar-refractivity contribution in [2.45, 2.75) is 19.3 Å². The molecule has 0 aromatic carbocycles. The van der Waals surface area contributed by atoms with Crippen molar-refractivity contribution < 1.29 is 18.7 Å². The predicted molar refractivity (Wildman–Crippen MR) is 76.8 cm³/mol. The van der Waals surface area contributed by atoms with Crippen LogP contribution in [0.15, 0.2) is 23.0 Å². The predicted octanol–water partition coefficient (Wildman–Crippen LogP) is 1.28. The number of rotatable bonds is 6. The summed E-state index contributed by atoms with van der Waals surface area (Å²) < 4.78 is 9.87. The van der Waals surface area contributed by atoms with Gasteiger partial charge >= 0.3 is 0 Å². The summed E-state index contributed by atoms with van der Waals surface area (Å²) in [4.78, 5) is 25.9. The molecule has 0 aliphatic carbocycles. The van der Waals surface area contributed by atoms with Gasteiger partial charge in [0.2, 0.25) is 5.91 Å². The highest BCUT2D eigenvalue weighted by molar-refractivity contribution is 5.94. The molecule has 1 aliphatic rings. The van der Waals surface area contributed by atoms with Crippen LogP contribution in [0.3, 0.4) is 0 Å². The van der Waals surface area contributed by atoms with E-state index in [9.17, 15) is 9.59 Å². The molecule has 1 aliphatic heterocycles. The Balaban J connectivity index is 1.72. The van der Waals surface area contributed by atoms with Gasteiger partial charge in [-0.15, -0.1) is 0 Å². The molecule has 2 rings (SSSR count). The molecule has 1 saturated heterocycles. The maximum Gasteiger partial charge on any atom is 0.257 e. The minimum Gasteiger partial charge on any atom is -0.472 e. The second-order valence-corrected chi connectivity index (χ2v) is 5.22. The monoisotopic (exact) mass is 294 g/mol. The van der Waals surface area contributed by atoms with E-state index >= 15 is 0 Å². The van der Waals surface area contributed by atoms with Gasteiger partial charge in [0.1, 0.15) is 6.26 Å². The normalized spacial score (nSPS) is 16.0. The molecule has 6 heteroatoms. The number of piperidine rings is 1. The summed E-state index contributed by atoms with van der Waals surface area (Å²) in [5.74, 6) is 0.0603. The summed E-state index contributed by atoms with van der Waals surface area (Å²) in [6.45, 7) is 2.51. The van der Waals surface area contributed by atoms with Crippen molar-refractivity contribution >= 4 is 11.8 Å². The number of carbonyl (C=O) groups excluding carboxylic acids is 2. The Kier molecular flexibility index (Phi) is 5.80. The Morgan fingerprint density at radius 1 is 1.43 bits per heavy atom. The van der Waals surface area contributed by atoms with Crippen molar-refractivity contribution in [2.75, 3.05) is 33.4 Å². The molecule has 1 aromatic heterocycles. The van der Waals surface area contributed by atoms with E-state index in [4.69, 9.17) is 9.15 Å². The Morgan fingerprint density at radius 3 is 2.81 bits per heavy atom. The number of likely N-dealkylation sites (tertiary alicyclic amines) is 1. The second-order valence-electron chi connectivity index (χ2n) is 5.22. The van der Waals surface area contributed by atoms with Crippen LogP contribution in [0.25, 0.3) is 0 Å². The molecule has 0 radical (unpaired) electrons. The highest BCUT2D eigenvalue weighted by Crippen LogP contribution is 2.19. The maximum atomic E-state index is 12.1. The Morgan fingerprint density at radius 2 is 2.19 bits per heavy atom. The van der Waals surface area contributed by atoms with Gasteiger partial charge in [0.05, 0.1) is 11.8 Å². The molecule has 6 nitrogen and oxygen atoms in total. The van der Waals surface area contributed by atoms with E-state index in [1.807, 2.05) is 0 Å². The first kappa shape index (κ1) is 15.6. The zero-order valence-electron chi connectivity index (χ0n) is 12.3. The second kappa shape index (κ2) is 7.83. The molecule has 0 unspecified atom stereocenters. The average molecular weight is 294 g/mol. The summed E-state index contributed by atoms with van der Waals surface area (Å²) in [5.41, 5.74) is 0.567. The first-order chi connectivity index (χ1) is 10.2. The Bertz CT molecular complexity index is 450. The summed E-state index contributed by atoms with van der Waals surface area (Å²) >= 11 is 0. The topological polar surface area (TPSA) is 71.8 Å². The number of amides is 2. The van der Waals surface area contributed by atoms with E-state index in [-0.39, 0.29) is 17.7 Å². The SMILES string of the molecule is COCCCNC(=O)C1CCN(C(=O)c2ccoc2)CC1. The molecular weight excluding hydrogens is 272 g/mol. The number of methoxy groups -OCH3 is 1. The first-order valence-corrected chi connectivity index (χ1v) is 7.30. The van der Waals surface area contributed by atoms with Gasteiger partial charge in [0, 0.05) is 39.3 Å². The average Bonchev–Trinajstić information content (AvgIpc) is 3.05. The lowest BCUT2D eigenvalue weighted by Gasteiger charge is -2.31. The maximum absolute atomic E-state index is 12.1. The molecule has 0 atom stereocenters. The zero-order chi connectivity index (χ0) is 15.1. The molecule has 0 bridgehead atoms. The van der Waals surface area contributed by atoms with Crippen molar-refractivity contribution in [1.29, 1.82) is 0 Å². The Labute approximate surface area is 124 Å². The molecule has 21 heavy (non-hydrogen) atoms. The van der Waals surface area contributed by atoms with E-state index < -0.39 is 0 Å². The molecule has 1 N–H and O–H groups in total. The molecule has 116 valence electrons. The third-order valence-corrected chi connectivity index (χ3v) is 3.75. The van der Waals surface area contributed by atoms with Gasteiger partial charge < -0.3 is 19.4 Å². The summed E-state index contributed by atoms with van der Waals surface area (Å²) in [6.07, 6.45) is 5.18. The van der Waals surface area contributed by atoms with E-state index in [0.717, 1.165) is 6.42 Å². The van der Waals surface area contributed by atoms with E-state index in [2.05, 4.69) is 5.32 Å². The van der Waals surface area contributed by atoms with Crippen LogP contribution < -0.4 is 5.32 Å². The van der Waals surface area contributed by atoms with Gasteiger partial charge in [0.15, 0.2) is 0 Å². The minimum absolute atomic E-state index is 0.000875. The van der Waals surface area contributed by atoms with Crippen molar-refractivity contribution in [3.63, 3.8) is 0 Å². The fourth-order valence-corrected chi connectivity index (χ4v) is 2.49. The van der Waals surface area contributed by atoms with E-state index in [1.54, 1.807) is 18.1 Å². The van der Waals surface area contributed by atoms with Crippen LogP contribution in [-0.2, 0) is 9.53 Å². The third kappa shape index (κ3) is 4.32. The van der Waals surface area contributed by atoms with Crippen molar-refractivity contribution in [2.24, 2.45) is 5.92 Å². The number of nitrogens with one attached hydrogen (secondary N) is 1. The molecule has 0 spiro atoms. The van der Waals surface area contributed by atoms with Crippen molar-refractivity contribution in [3.05, 3.63) is 24.2 Å². The van der Waals surface area contributed by atoms with Crippen LogP contribution in [0.4, 0.5) is 0 Å². The van der Waals surface area contributed by atoms with Crippen LogP contribution in [0.2, 0.25) is 0 Å². The molecule has 1 fully saturated rings. The zero-order valence-corrected chi connectivity index (χ0v) is 12.3. The smallest absolute Gasteiger partial charge is 0.257 e. The van der Waals surface area contributed by atoms with Crippen LogP contribution >= 0.6 is 0 Å². The first-order valence-electron chi connectivity index (χ1n) is 7.30. The number of ether oxygens (including phenoxy) is 1. The largest absolute Gasteiger partial charge is 0.472 e. The summed E-state index contributed by atoms with van der Waals surface area (Å²) in [7, 11) is 1.65. The molecule has 2 amide bonds. The van der Waals surface area contributed by atoms with Gasteiger partial charge in [-0.2, -0.15) is 0 Å². The van der Waals surface area contributed by atoms with Crippen LogP contribution in [0.5, 0.6) is 0 Å². The van der Waals surface area contributed by atoms with Crippen LogP contribution in [0, 0.1) is 5.92 Å². The minimum atomic E-state index is -0.0253. The number of furan rings is 1. The van der Waals surface area contributed by atoms with Gasteiger partial charge in [-0.05, 0) is 25.3 Å². The van der Waals surface area contributed by atoms with Crippen LogP contribution in [-0.4, -0.2) is 50.1 Å². The lowest BCUT2D eigenvalue weighted by molar-refractivity contribution is -0.126.